The maximum atomic E-state index is 14.5. The van der Waals surface area contributed by atoms with E-state index in [1.165, 1.54) is 6.07 Å². The van der Waals surface area contributed by atoms with Crippen molar-refractivity contribution in [3.05, 3.63) is 98.8 Å². The van der Waals surface area contributed by atoms with Crippen molar-refractivity contribution < 1.29 is 13.6 Å². The molecule has 8 heteroatoms. The first-order chi connectivity index (χ1) is 14.4. The van der Waals surface area contributed by atoms with E-state index in [2.05, 4.69) is 20.9 Å². The van der Waals surface area contributed by atoms with Crippen LogP contribution in [0.4, 0.5) is 8.78 Å². The summed E-state index contributed by atoms with van der Waals surface area (Å²) in [6.07, 6.45) is 0. The zero-order valence-corrected chi connectivity index (χ0v) is 17.7. The van der Waals surface area contributed by atoms with Crippen LogP contribution < -0.4 is 5.56 Å². The number of halogens is 3. The van der Waals surface area contributed by atoms with Crippen molar-refractivity contribution >= 4 is 44.4 Å². The molecule has 1 aromatic heterocycles. The lowest BCUT2D eigenvalue weighted by Crippen LogP contribution is -2.23. The predicted molar refractivity (Wildman–Crippen MR) is 116 cm³/mol. The van der Waals surface area contributed by atoms with Crippen molar-refractivity contribution in [1.82, 2.24) is 9.55 Å². The maximum Gasteiger partial charge on any atom is 0.266 e. The number of aromatic nitrogens is 2. The molecule has 1 heterocycles. The van der Waals surface area contributed by atoms with Gasteiger partial charge in [0.2, 0.25) is 0 Å². The fraction of sp³-hybridized carbons (Fsp3) is 0.0455. The second-order valence-electron chi connectivity index (χ2n) is 6.37. The number of carbonyl (C=O) groups is 1. The highest BCUT2D eigenvalue weighted by Crippen LogP contribution is 2.24. The summed E-state index contributed by atoms with van der Waals surface area (Å²) in [6.45, 7) is 0. The number of hydrogen-bond donors (Lipinski definition) is 0. The zero-order chi connectivity index (χ0) is 21.3. The van der Waals surface area contributed by atoms with Crippen LogP contribution in [-0.2, 0) is 0 Å². The maximum absolute atomic E-state index is 14.5. The van der Waals surface area contributed by atoms with Gasteiger partial charge in [-0.15, -0.1) is 0 Å². The molecule has 0 N–H and O–H groups in total. The highest BCUT2D eigenvalue weighted by molar-refractivity contribution is 9.10. The van der Waals surface area contributed by atoms with E-state index >= 15 is 0 Å². The van der Waals surface area contributed by atoms with E-state index in [-0.39, 0.29) is 22.4 Å². The molecule has 0 atom stereocenters. The molecule has 0 radical (unpaired) electrons. The fourth-order valence-corrected chi connectivity index (χ4v) is 4.10. The fourth-order valence-electron chi connectivity index (χ4n) is 2.93. The summed E-state index contributed by atoms with van der Waals surface area (Å²) in [5.74, 6) is -1.82. The molecule has 0 saturated carbocycles. The number of Topliss-reactive ketones (excluding diaryl/α,β-unsaturated/α-hetero) is 1. The van der Waals surface area contributed by atoms with Gasteiger partial charge in [-0.2, -0.15) is 0 Å². The largest absolute Gasteiger partial charge is 0.293 e. The van der Waals surface area contributed by atoms with Gasteiger partial charge in [0, 0.05) is 16.1 Å². The van der Waals surface area contributed by atoms with E-state index in [9.17, 15) is 18.4 Å². The van der Waals surface area contributed by atoms with Crippen LogP contribution in [0.3, 0.4) is 0 Å². The van der Waals surface area contributed by atoms with E-state index in [0.717, 1.165) is 26.9 Å². The molecule has 0 aliphatic heterocycles. The molecular formula is C22H13BrF2N2O2S. The quantitative estimate of drug-likeness (QED) is 0.215. The third kappa shape index (κ3) is 4.06. The Labute approximate surface area is 182 Å². The lowest BCUT2D eigenvalue weighted by molar-refractivity contribution is 0.102. The number of para-hydroxylation sites is 1. The Hall–Kier alpha value is -2.84. The Morgan fingerprint density at radius 3 is 2.50 bits per heavy atom. The predicted octanol–water partition coefficient (Wildman–Crippen LogP) is 5.40. The van der Waals surface area contributed by atoms with Crippen molar-refractivity contribution in [3.63, 3.8) is 0 Å². The second-order valence-corrected chi connectivity index (χ2v) is 8.22. The molecule has 0 bridgehead atoms. The van der Waals surface area contributed by atoms with E-state index in [4.69, 9.17) is 0 Å². The molecule has 0 spiro atoms. The minimum atomic E-state index is -0.893. The lowest BCUT2D eigenvalue weighted by Gasteiger charge is -2.13. The SMILES string of the molecule is O=C(CSc1nc2ccccc2c(=O)n1-c1ccc(F)cc1F)c1ccc(Br)cc1. The Kier molecular flexibility index (Phi) is 5.78. The van der Waals surface area contributed by atoms with Gasteiger partial charge in [-0.05, 0) is 36.4 Å². The molecule has 30 heavy (non-hydrogen) atoms. The summed E-state index contributed by atoms with van der Waals surface area (Å²) >= 11 is 4.34. The smallest absolute Gasteiger partial charge is 0.266 e. The molecule has 0 saturated heterocycles. The molecule has 0 unspecified atom stereocenters. The van der Waals surface area contributed by atoms with Crippen LogP contribution >= 0.6 is 27.7 Å². The van der Waals surface area contributed by atoms with E-state index < -0.39 is 17.2 Å². The van der Waals surface area contributed by atoms with Crippen LogP contribution in [0.15, 0.2) is 81.2 Å². The first kappa shape index (κ1) is 20.4. The number of nitrogens with zero attached hydrogens (tertiary/aromatic N) is 2. The molecule has 3 aromatic carbocycles. The standard InChI is InChI=1S/C22H13BrF2N2O2S/c23-14-7-5-13(6-8-14)20(28)12-30-22-26-18-4-2-1-3-16(18)21(29)27(22)19-10-9-15(24)11-17(19)25/h1-11H,12H2. The number of benzene rings is 3. The molecule has 150 valence electrons. The van der Waals surface area contributed by atoms with Gasteiger partial charge < -0.3 is 0 Å². The molecular weight excluding hydrogens is 474 g/mol. The van der Waals surface area contributed by atoms with Crippen molar-refractivity contribution in [2.45, 2.75) is 5.16 Å². The first-order valence-corrected chi connectivity index (χ1v) is 10.6. The minimum Gasteiger partial charge on any atom is -0.293 e. The van der Waals surface area contributed by atoms with Crippen LogP contribution in [0.1, 0.15) is 10.4 Å². The summed E-state index contributed by atoms with van der Waals surface area (Å²) in [5, 5.41) is 0.444. The summed E-state index contributed by atoms with van der Waals surface area (Å²) in [5.41, 5.74) is 0.316. The third-order valence-electron chi connectivity index (χ3n) is 4.39. The number of ketones is 1. The van der Waals surface area contributed by atoms with E-state index in [0.29, 0.717) is 22.5 Å². The molecule has 0 fully saturated rings. The Balaban J connectivity index is 1.78. The molecule has 4 nitrogen and oxygen atoms in total. The third-order valence-corrected chi connectivity index (χ3v) is 5.86. The minimum absolute atomic E-state index is 0.00474. The topological polar surface area (TPSA) is 52.0 Å². The van der Waals surface area contributed by atoms with Crippen LogP contribution in [-0.4, -0.2) is 21.1 Å². The normalized spacial score (nSPS) is 11.0. The lowest BCUT2D eigenvalue weighted by atomic mass is 10.2. The molecule has 0 amide bonds. The number of fused-ring (bicyclic) bond motifs is 1. The van der Waals surface area contributed by atoms with Gasteiger partial charge >= 0.3 is 0 Å². The van der Waals surface area contributed by atoms with Crippen molar-refractivity contribution in [3.8, 4) is 5.69 Å². The van der Waals surface area contributed by atoms with Gasteiger partial charge in [-0.25, -0.2) is 13.8 Å². The summed E-state index contributed by atoms with van der Waals surface area (Å²) in [7, 11) is 0. The number of carbonyl (C=O) groups excluding carboxylic acids is 1. The van der Waals surface area contributed by atoms with E-state index in [1.807, 2.05) is 0 Å². The molecule has 0 aliphatic rings. The summed E-state index contributed by atoms with van der Waals surface area (Å²) in [4.78, 5) is 30.1. The van der Waals surface area contributed by atoms with Crippen molar-refractivity contribution in [2.24, 2.45) is 0 Å². The van der Waals surface area contributed by atoms with Crippen LogP contribution in [0.5, 0.6) is 0 Å². The molecule has 4 rings (SSSR count). The zero-order valence-electron chi connectivity index (χ0n) is 15.3. The number of hydrogen-bond acceptors (Lipinski definition) is 4. The van der Waals surface area contributed by atoms with E-state index in [1.54, 1.807) is 48.5 Å². The average Bonchev–Trinajstić information content (AvgIpc) is 2.73. The van der Waals surface area contributed by atoms with Gasteiger partial charge in [-0.3, -0.25) is 14.2 Å². The van der Waals surface area contributed by atoms with Gasteiger partial charge in [0.15, 0.2) is 10.9 Å². The van der Waals surface area contributed by atoms with Crippen molar-refractivity contribution in [2.75, 3.05) is 5.75 Å². The van der Waals surface area contributed by atoms with Gasteiger partial charge in [0.25, 0.3) is 5.56 Å². The first-order valence-electron chi connectivity index (χ1n) is 8.83. The summed E-state index contributed by atoms with van der Waals surface area (Å²) < 4.78 is 29.8. The van der Waals surface area contributed by atoms with Gasteiger partial charge in [-0.1, -0.05) is 52.0 Å². The monoisotopic (exact) mass is 486 g/mol. The van der Waals surface area contributed by atoms with Crippen LogP contribution in [0.2, 0.25) is 0 Å². The number of thioether (sulfide) groups is 1. The van der Waals surface area contributed by atoms with Crippen molar-refractivity contribution in [1.29, 1.82) is 0 Å². The highest BCUT2D eigenvalue weighted by atomic mass is 79.9. The second kappa shape index (κ2) is 8.49. The van der Waals surface area contributed by atoms with Crippen LogP contribution in [0, 0.1) is 11.6 Å². The Bertz CT molecular complexity index is 1320. The highest BCUT2D eigenvalue weighted by Gasteiger charge is 2.18. The van der Waals surface area contributed by atoms with Gasteiger partial charge in [0.05, 0.1) is 22.3 Å². The van der Waals surface area contributed by atoms with Crippen LogP contribution in [0.25, 0.3) is 16.6 Å². The Morgan fingerprint density at radius 2 is 1.77 bits per heavy atom. The summed E-state index contributed by atoms with van der Waals surface area (Å²) in [6, 6.07) is 16.5. The molecule has 4 aromatic rings. The Morgan fingerprint density at radius 1 is 1.03 bits per heavy atom. The van der Waals surface area contributed by atoms with Gasteiger partial charge in [0.1, 0.15) is 11.6 Å². The average molecular weight is 487 g/mol. The molecule has 0 aliphatic carbocycles. The number of rotatable bonds is 5.